The zero-order chi connectivity index (χ0) is 20.1. The minimum Gasteiger partial charge on any atom is -0.494 e. The van der Waals surface area contributed by atoms with Gasteiger partial charge in [0.05, 0.1) is 14.2 Å². The number of aryl methyl sites for hydroxylation is 3. The molecule has 28 heavy (non-hydrogen) atoms. The summed E-state index contributed by atoms with van der Waals surface area (Å²) in [6, 6.07) is 12.8. The first-order valence-corrected chi connectivity index (χ1v) is 9.61. The van der Waals surface area contributed by atoms with Crippen LogP contribution in [-0.4, -0.2) is 51.3 Å². The van der Waals surface area contributed by atoms with Gasteiger partial charge in [0.25, 0.3) is 0 Å². The Balaban J connectivity index is 1.77. The van der Waals surface area contributed by atoms with Crippen LogP contribution in [0.3, 0.4) is 0 Å². The summed E-state index contributed by atoms with van der Waals surface area (Å²) in [5.41, 5.74) is 8.66. The number of nitrogens with zero attached hydrogens (tertiary/aromatic N) is 3. The zero-order valence-electron chi connectivity index (χ0n) is 17.5. The summed E-state index contributed by atoms with van der Waals surface area (Å²) in [5.74, 6) is 1.46. The summed E-state index contributed by atoms with van der Waals surface area (Å²) in [4.78, 5) is 14.6. The number of piperazine rings is 1. The minimum absolute atomic E-state index is 0.701. The molecule has 1 fully saturated rings. The van der Waals surface area contributed by atoms with Crippen LogP contribution in [-0.2, 0) is 4.84 Å². The van der Waals surface area contributed by atoms with E-state index in [1.165, 1.54) is 22.4 Å². The molecule has 2 aromatic rings. The van der Waals surface area contributed by atoms with Gasteiger partial charge in [0, 0.05) is 31.9 Å². The summed E-state index contributed by atoms with van der Waals surface area (Å²) in [6.45, 7) is 9.84. The van der Waals surface area contributed by atoms with E-state index in [0.29, 0.717) is 5.96 Å². The molecule has 1 aliphatic heterocycles. The number of hydrogen-bond donors (Lipinski definition) is 1. The quantitative estimate of drug-likeness (QED) is 0.498. The highest BCUT2D eigenvalue weighted by atomic mass is 16.6. The first-order valence-electron chi connectivity index (χ1n) is 9.61. The topological polar surface area (TPSA) is 49.3 Å². The van der Waals surface area contributed by atoms with E-state index in [1.807, 2.05) is 12.1 Å². The van der Waals surface area contributed by atoms with Gasteiger partial charge in [0.1, 0.15) is 11.4 Å². The van der Waals surface area contributed by atoms with Gasteiger partial charge >= 0.3 is 0 Å². The molecule has 0 radical (unpaired) electrons. The molecule has 0 amide bonds. The SMILES string of the molecule is CONC(=Nc1cc(C)c(C)cc1OC)N1CCN(c2ccc(C)cc2)CC1. The van der Waals surface area contributed by atoms with Gasteiger partial charge < -0.3 is 14.5 Å². The predicted molar refractivity (Wildman–Crippen MR) is 115 cm³/mol. The number of aliphatic imine (C=N–C) groups is 1. The third kappa shape index (κ3) is 4.57. The Morgan fingerprint density at radius 1 is 0.929 bits per heavy atom. The molecule has 6 nitrogen and oxygen atoms in total. The second-order valence-electron chi connectivity index (χ2n) is 7.16. The Labute approximate surface area is 167 Å². The Morgan fingerprint density at radius 2 is 1.57 bits per heavy atom. The van der Waals surface area contributed by atoms with Crippen molar-refractivity contribution >= 4 is 17.3 Å². The van der Waals surface area contributed by atoms with E-state index in [4.69, 9.17) is 14.6 Å². The van der Waals surface area contributed by atoms with Crippen molar-refractivity contribution in [3.63, 3.8) is 0 Å². The fraction of sp³-hybridized carbons (Fsp3) is 0.409. The Hall–Kier alpha value is -2.73. The molecule has 0 atom stereocenters. The third-order valence-corrected chi connectivity index (χ3v) is 5.19. The van der Waals surface area contributed by atoms with Crippen molar-refractivity contribution in [3.05, 3.63) is 53.1 Å². The van der Waals surface area contributed by atoms with Crippen LogP contribution >= 0.6 is 0 Å². The molecule has 1 aliphatic rings. The lowest BCUT2D eigenvalue weighted by Crippen LogP contribution is -2.52. The number of ether oxygens (including phenoxy) is 1. The van der Waals surface area contributed by atoms with E-state index in [0.717, 1.165) is 37.6 Å². The number of hydrogen-bond acceptors (Lipinski definition) is 4. The van der Waals surface area contributed by atoms with Crippen LogP contribution in [0.1, 0.15) is 16.7 Å². The Kier molecular flexibility index (Phi) is 6.41. The van der Waals surface area contributed by atoms with E-state index in [-0.39, 0.29) is 0 Å². The standard InChI is InChI=1S/C22H30N4O2/c1-16-6-8-19(9-7-16)25-10-12-26(13-11-25)22(24-28-5)23-20-14-17(2)18(3)15-21(20)27-4/h6-9,14-15H,10-13H2,1-5H3,(H,23,24). The van der Waals surface area contributed by atoms with E-state index >= 15 is 0 Å². The molecule has 1 N–H and O–H groups in total. The van der Waals surface area contributed by atoms with Crippen molar-refractivity contribution < 1.29 is 9.57 Å². The molecule has 150 valence electrons. The monoisotopic (exact) mass is 382 g/mol. The van der Waals surface area contributed by atoms with Crippen molar-refractivity contribution in [2.75, 3.05) is 45.3 Å². The Morgan fingerprint density at radius 3 is 2.18 bits per heavy atom. The van der Waals surface area contributed by atoms with Crippen molar-refractivity contribution in [1.82, 2.24) is 10.4 Å². The smallest absolute Gasteiger partial charge is 0.223 e. The molecular weight excluding hydrogens is 352 g/mol. The maximum absolute atomic E-state index is 5.53. The van der Waals surface area contributed by atoms with Crippen LogP contribution in [0.5, 0.6) is 5.75 Å². The molecule has 6 heteroatoms. The second kappa shape index (κ2) is 8.97. The zero-order valence-corrected chi connectivity index (χ0v) is 17.5. The number of benzene rings is 2. The van der Waals surface area contributed by atoms with Crippen LogP contribution < -0.4 is 15.1 Å². The fourth-order valence-corrected chi connectivity index (χ4v) is 3.32. The van der Waals surface area contributed by atoms with Crippen LogP contribution in [0.15, 0.2) is 41.4 Å². The first kappa shape index (κ1) is 20.0. The lowest BCUT2D eigenvalue weighted by atomic mass is 10.1. The number of anilines is 1. The molecule has 0 bridgehead atoms. The van der Waals surface area contributed by atoms with E-state index in [2.05, 4.69) is 60.3 Å². The van der Waals surface area contributed by atoms with Crippen LogP contribution in [0.2, 0.25) is 0 Å². The van der Waals surface area contributed by atoms with Gasteiger partial charge in [-0.05, 0) is 56.2 Å². The number of nitrogens with one attached hydrogen (secondary N) is 1. The molecular formula is C22H30N4O2. The van der Waals surface area contributed by atoms with Gasteiger partial charge in [-0.3, -0.25) is 4.84 Å². The molecule has 0 aromatic heterocycles. The van der Waals surface area contributed by atoms with Crippen LogP contribution in [0.25, 0.3) is 0 Å². The van der Waals surface area contributed by atoms with Crippen molar-refractivity contribution in [1.29, 1.82) is 0 Å². The molecule has 0 saturated carbocycles. The van der Waals surface area contributed by atoms with Gasteiger partial charge in [-0.15, -0.1) is 0 Å². The lowest BCUT2D eigenvalue weighted by Gasteiger charge is -2.37. The van der Waals surface area contributed by atoms with E-state index in [1.54, 1.807) is 14.2 Å². The minimum atomic E-state index is 0.701. The lowest BCUT2D eigenvalue weighted by molar-refractivity contribution is 0.129. The number of rotatable bonds is 4. The fourth-order valence-electron chi connectivity index (χ4n) is 3.32. The molecule has 2 aromatic carbocycles. The second-order valence-corrected chi connectivity index (χ2v) is 7.16. The van der Waals surface area contributed by atoms with Gasteiger partial charge in [0.2, 0.25) is 5.96 Å². The summed E-state index contributed by atoms with van der Waals surface area (Å²) in [5, 5.41) is 0. The summed E-state index contributed by atoms with van der Waals surface area (Å²) in [7, 11) is 3.28. The highest BCUT2D eigenvalue weighted by Crippen LogP contribution is 2.31. The normalized spacial score (nSPS) is 15.0. The van der Waals surface area contributed by atoms with E-state index in [9.17, 15) is 0 Å². The molecule has 3 rings (SSSR count). The predicted octanol–water partition coefficient (Wildman–Crippen LogP) is 3.58. The Bertz CT molecular complexity index is 825. The van der Waals surface area contributed by atoms with Gasteiger partial charge in [-0.25, -0.2) is 10.5 Å². The van der Waals surface area contributed by atoms with Crippen LogP contribution in [0, 0.1) is 20.8 Å². The highest BCUT2D eigenvalue weighted by Gasteiger charge is 2.21. The molecule has 0 aliphatic carbocycles. The largest absolute Gasteiger partial charge is 0.494 e. The average molecular weight is 383 g/mol. The summed E-state index contributed by atoms with van der Waals surface area (Å²) >= 11 is 0. The number of hydroxylamine groups is 1. The highest BCUT2D eigenvalue weighted by molar-refractivity contribution is 5.83. The number of guanidine groups is 1. The maximum atomic E-state index is 5.53. The summed E-state index contributed by atoms with van der Waals surface area (Å²) in [6.07, 6.45) is 0. The molecule has 1 saturated heterocycles. The summed E-state index contributed by atoms with van der Waals surface area (Å²) < 4.78 is 5.53. The molecule has 0 unspecified atom stereocenters. The maximum Gasteiger partial charge on any atom is 0.223 e. The van der Waals surface area contributed by atoms with Crippen LogP contribution in [0.4, 0.5) is 11.4 Å². The van der Waals surface area contributed by atoms with E-state index < -0.39 is 0 Å². The third-order valence-electron chi connectivity index (χ3n) is 5.19. The number of methoxy groups -OCH3 is 1. The van der Waals surface area contributed by atoms with Crippen molar-refractivity contribution in [2.45, 2.75) is 20.8 Å². The van der Waals surface area contributed by atoms with Crippen molar-refractivity contribution in [2.24, 2.45) is 4.99 Å². The van der Waals surface area contributed by atoms with Gasteiger partial charge in [0.15, 0.2) is 0 Å². The first-order chi connectivity index (χ1) is 13.5. The van der Waals surface area contributed by atoms with Crippen molar-refractivity contribution in [3.8, 4) is 5.75 Å². The van der Waals surface area contributed by atoms with Gasteiger partial charge in [-0.2, -0.15) is 0 Å². The van der Waals surface area contributed by atoms with Gasteiger partial charge in [-0.1, -0.05) is 17.7 Å². The average Bonchev–Trinajstić information content (AvgIpc) is 2.71. The molecule has 0 spiro atoms. The molecule has 1 heterocycles.